The lowest BCUT2D eigenvalue weighted by Gasteiger charge is -2.40. The van der Waals surface area contributed by atoms with Crippen LogP contribution in [0.4, 0.5) is 5.69 Å². The summed E-state index contributed by atoms with van der Waals surface area (Å²) in [4.78, 5) is 7.16. The summed E-state index contributed by atoms with van der Waals surface area (Å²) in [5.74, 6) is 0. The van der Waals surface area contributed by atoms with E-state index in [2.05, 4.69) is 39.7 Å². The highest BCUT2D eigenvalue weighted by Gasteiger charge is 2.37. The summed E-state index contributed by atoms with van der Waals surface area (Å²) >= 11 is 0. The zero-order chi connectivity index (χ0) is 13.6. The number of imidazole rings is 1. The maximum absolute atomic E-state index is 4.60. The molecule has 0 radical (unpaired) electrons. The molecule has 1 saturated heterocycles. The van der Waals surface area contributed by atoms with Crippen molar-refractivity contribution < 1.29 is 0 Å². The second-order valence-electron chi connectivity index (χ2n) is 6.69. The summed E-state index contributed by atoms with van der Waals surface area (Å²) in [6, 6.07) is 6.56. The van der Waals surface area contributed by atoms with Crippen molar-refractivity contribution in [3.05, 3.63) is 24.5 Å². The molecule has 1 aliphatic carbocycles. The number of benzene rings is 1. The second kappa shape index (κ2) is 4.51. The van der Waals surface area contributed by atoms with Gasteiger partial charge in [-0.3, -0.25) is 0 Å². The van der Waals surface area contributed by atoms with Crippen LogP contribution >= 0.6 is 0 Å². The topological polar surface area (TPSA) is 21.1 Å². The summed E-state index contributed by atoms with van der Waals surface area (Å²) in [7, 11) is 2.07. The predicted octanol–water partition coefficient (Wildman–Crippen LogP) is 3.73. The largest absolute Gasteiger partial charge is 0.370 e. The summed E-state index contributed by atoms with van der Waals surface area (Å²) in [5.41, 5.74) is 4.42. The molecule has 106 valence electrons. The second-order valence-corrected chi connectivity index (χ2v) is 6.69. The third-order valence-corrected chi connectivity index (χ3v) is 5.56. The number of para-hydroxylation sites is 1. The minimum absolute atomic E-state index is 0.689. The van der Waals surface area contributed by atoms with Gasteiger partial charge in [0.05, 0.1) is 17.5 Å². The lowest BCUT2D eigenvalue weighted by atomic mass is 9.77. The van der Waals surface area contributed by atoms with Crippen molar-refractivity contribution in [3.8, 4) is 0 Å². The van der Waals surface area contributed by atoms with Crippen LogP contribution in [0, 0.1) is 5.41 Å². The summed E-state index contributed by atoms with van der Waals surface area (Å²) in [6.07, 6.45) is 10.5. The Bertz CT molecular complexity index is 612. The fourth-order valence-corrected chi connectivity index (χ4v) is 4.25. The summed E-state index contributed by atoms with van der Waals surface area (Å²) in [5, 5.41) is 0. The molecular weight excluding hydrogens is 246 g/mol. The zero-order valence-corrected chi connectivity index (χ0v) is 12.3. The molecule has 1 aromatic carbocycles. The molecule has 1 spiro atoms. The highest BCUT2D eigenvalue weighted by Crippen LogP contribution is 2.47. The standard InChI is InChI=1S/C17H23N3/c1-19-13-18-16-14(19)5-4-6-15(16)20-11-9-17(10-12-20)7-2-3-8-17/h4-6,13H,2-3,7-12H2,1H3. The third-order valence-electron chi connectivity index (χ3n) is 5.56. The lowest BCUT2D eigenvalue weighted by Crippen LogP contribution is -2.38. The number of hydrogen-bond donors (Lipinski definition) is 0. The number of hydrogen-bond acceptors (Lipinski definition) is 2. The molecule has 2 heterocycles. The van der Waals surface area contributed by atoms with Crippen molar-refractivity contribution in [1.82, 2.24) is 9.55 Å². The molecule has 2 aromatic rings. The molecule has 0 atom stereocenters. The van der Waals surface area contributed by atoms with E-state index in [1.165, 1.54) is 62.8 Å². The van der Waals surface area contributed by atoms with E-state index in [0.717, 1.165) is 5.52 Å². The zero-order valence-electron chi connectivity index (χ0n) is 12.3. The molecule has 20 heavy (non-hydrogen) atoms. The molecular formula is C17H23N3. The van der Waals surface area contributed by atoms with E-state index in [1.807, 2.05) is 6.33 Å². The van der Waals surface area contributed by atoms with Gasteiger partial charge in [0.1, 0.15) is 5.52 Å². The Morgan fingerprint density at radius 3 is 2.55 bits per heavy atom. The molecule has 2 aliphatic rings. The average Bonchev–Trinajstić information content (AvgIpc) is 3.08. The molecule has 1 saturated carbocycles. The highest BCUT2D eigenvalue weighted by molar-refractivity contribution is 5.89. The first-order valence-corrected chi connectivity index (χ1v) is 7.93. The Hall–Kier alpha value is -1.51. The fourth-order valence-electron chi connectivity index (χ4n) is 4.25. The maximum Gasteiger partial charge on any atom is 0.112 e. The molecule has 0 bridgehead atoms. The summed E-state index contributed by atoms with van der Waals surface area (Å²) in [6.45, 7) is 2.41. The van der Waals surface area contributed by atoms with Gasteiger partial charge in [-0.05, 0) is 43.2 Å². The normalized spacial score (nSPS) is 21.9. The first-order chi connectivity index (χ1) is 9.77. The number of anilines is 1. The molecule has 2 fully saturated rings. The van der Waals surface area contributed by atoms with E-state index >= 15 is 0 Å². The lowest BCUT2D eigenvalue weighted by molar-refractivity contribution is 0.227. The first kappa shape index (κ1) is 12.2. The number of aryl methyl sites for hydroxylation is 1. The third kappa shape index (κ3) is 1.83. The van der Waals surface area contributed by atoms with E-state index in [-0.39, 0.29) is 0 Å². The van der Waals surface area contributed by atoms with Gasteiger partial charge < -0.3 is 9.47 Å². The number of fused-ring (bicyclic) bond motifs is 1. The van der Waals surface area contributed by atoms with E-state index < -0.39 is 0 Å². The van der Waals surface area contributed by atoms with Gasteiger partial charge in [-0.25, -0.2) is 4.98 Å². The van der Waals surface area contributed by atoms with Gasteiger partial charge in [0.2, 0.25) is 0 Å². The summed E-state index contributed by atoms with van der Waals surface area (Å²) < 4.78 is 2.11. The Morgan fingerprint density at radius 2 is 1.80 bits per heavy atom. The number of piperidine rings is 1. The molecule has 0 amide bonds. The Kier molecular flexibility index (Phi) is 2.76. The van der Waals surface area contributed by atoms with Crippen LogP contribution in [0.5, 0.6) is 0 Å². The van der Waals surface area contributed by atoms with Crippen LogP contribution in [0.3, 0.4) is 0 Å². The first-order valence-electron chi connectivity index (χ1n) is 7.93. The Balaban J connectivity index is 1.61. The van der Waals surface area contributed by atoms with Gasteiger partial charge >= 0.3 is 0 Å². The monoisotopic (exact) mass is 269 g/mol. The van der Waals surface area contributed by atoms with Crippen LogP contribution in [0.15, 0.2) is 24.5 Å². The van der Waals surface area contributed by atoms with Crippen molar-refractivity contribution in [2.75, 3.05) is 18.0 Å². The Labute approximate surface area is 120 Å². The maximum atomic E-state index is 4.60. The van der Waals surface area contributed by atoms with Crippen molar-refractivity contribution in [3.63, 3.8) is 0 Å². The van der Waals surface area contributed by atoms with Gasteiger partial charge in [0.15, 0.2) is 0 Å². The van der Waals surface area contributed by atoms with Crippen molar-refractivity contribution in [2.45, 2.75) is 38.5 Å². The Morgan fingerprint density at radius 1 is 1.05 bits per heavy atom. The molecule has 1 aliphatic heterocycles. The number of rotatable bonds is 1. The molecule has 0 N–H and O–H groups in total. The van der Waals surface area contributed by atoms with Gasteiger partial charge in [0.25, 0.3) is 0 Å². The molecule has 3 nitrogen and oxygen atoms in total. The van der Waals surface area contributed by atoms with Gasteiger partial charge in [-0.1, -0.05) is 18.9 Å². The van der Waals surface area contributed by atoms with Crippen LogP contribution in [-0.4, -0.2) is 22.6 Å². The number of aromatic nitrogens is 2. The number of nitrogens with zero attached hydrogens (tertiary/aromatic N) is 3. The fraction of sp³-hybridized carbons (Fsp3) is 0.588. The van der Waals surface area contributed by atoms with E-state index in [1.54, 1.807) is 0 Å². The van der Waals surface area contributed by atoms with Crippen LogP contribution < -0.4 is 4.90 Å². The highest BCUT2D eigenvalue weighted by atomic mass is 15.2. The van der Waals surface area contributed by atoms with Crippen LogP contribution in [-0.2, 0) is 7.05 Å². The quantitative estimate of drug-likeness (QED) is 0.786. The van der Waals surface area contributed by atoms with E-state index in [0.29, 0.717) is 5.41 Å². The van der Waals surface area contributed by atoms with E-state index in [4.69, 9.17) is 0 Å². The van der Waals surface area contributed by atoms with E-state index in [9.17, 15) is 0 Å². The van der Waals surface area contributed by atoms with Gasteiger partial charge in [-0.2, -0.15) is 0 Å². The van der Waals surface area contributed by atoms with Crippen molar-refractivity contribution in [2.24, 2.45) is 12.5 Å². The SMILES string of the molecule is Cn1cnc2c(N3CCC4(CCCC4)CC3)cccc21. The van der Waals surface area contributed by atoms with Gasteiger partial charge in [-0.15, -0.1) is 0 Å². The van der Waals surface area contributed by atoms with Crippen LogP contribution in [0.1, 0.15) is 38.5 Å². The van der Waals surface area contributed by atoms with Crippen molar-refractivity contribution >= 4 is 16.7 Å². The molecule has 1 aromatic heterocycles. The van der Waals surface area contributed by atoms with Crippen molar-refractivity contribution in [1.29, 1.82) is 0 Å². The molecule has 0 unspecified atom stereocenters. The van der Waals surface area contributed by atoms with Crippen LogP contribution in [0.25, 0.3) is 11.0 Å². The minimum Gasteiger partial charge on any atom is -0.370 e. The predicted molar refractivity (Wildman–Crippen MR) is 83.1 cm³/mol. The van der Waals surface area contributed by atoms with Crippen LogP contribution in [0.2, 0.25) is 0 Å². The smallest absolute Gasteiger partial charge is 0.112 e. The molecule has 4 rings (SSSR count). The minimum atomic E-state index is 0.689. The average molecular weight is 269 g/mol. The molecule has 3 heteroatoms. The van der Waals surface area contributed by atoms with Gasteiger partial charge in [0, 0.05) is 20.1 Å².